The van der Waals surface area contributed by atoms with Crippen molar-refractivity contribution in [1.29, 1.82) is 0 Å². The lowest BCUT2D eigenvalue weighted by molar-refractivity contribution is 0.0355. The van der Waals surface area contributed by atoms with Gasteiger partial charge in [0.05, 0.1) is 0 Å². The lowest BCUT2D eigenvalue weighted by Crippen LogP contribution is -2.32. The van der Waals surface area contributed by atoms with Crippen LogP contribution in [-0.4, -0.2) is 23.6 Å². The predicted octanol–water partition coefficient (Wildman–Crippen LogP) is 3.41. The lowest BCUT2D eigenvalue weighted by Gasteiger charge is -2.24. The molecule has 0 aliphatic rings. The Bertz CT molecular complexity index is 192. The summed E-state index contributed by atoms with van der Waals surface area (Å²) in [5.41, 5.74) is 0.227. The highest BCUT2D eigenvalue weighted by atomic mass is 16.6. The van der Waals surface area contributed by atoms with Crippen LogP contribution in [0.3, 0.4) is 0 Å². The standard InChI is InChI=1S/C9H17NO2.C2H6/c1-7(2)10(6)8(11)12-9(3,4)5;1-2/h1H2,2-6H3;1-2H3. The summed E-state index contributed by atoms with van der Waals surface area (Å²) in [7, 11) is 1.64. The zero-order chi connectivity index (χ0) is 11.9. The maximum atomic E-state index is 11.2. The maximum Gasteiger partial charge on any atom is 0.414 e. The van der Waals surface area contributed by atoms with Gasteiger partial charge in [0.15, 0.2) is 0 Å². The van der Waals surface area contributed by atoms with Gasteiger partial charge < -0.3 is 4.74 Å². The largest absolute Gasteiger partial charge is 0.443 e. The molecule has 0 heterocycles. The number of ether oxygens (including phenoxy) is 1. The molecule has 84 valence electrons. The summed E-state index contributed by atoms with van der Waals surface area (Å²) in [5, 5.41) is 0. The molecule has 0 radical (unpaired) electrons. The smallest absolute Gasteiger partial charge is 0.414 e. The molecule has 0 unspecified atom stereocenters. The Labute approximate surface area is 87.7 Å². The highest BCUT2D eigenvalue weighted by Gasteiger charge is 2.19. The predicted molar refractivity (Wildman–Crippen MR) is 60.2 cm³/mol. The van der Waals surface area contributed by atoms with E-state index in [0.29, 0.717) is 5.70 Å². The molecule has 0 saturated carbocycles. The zero-order valence-corrected chi connectivity index (χ0v) is 10.5. The number of rotatable bonds is 1. The van der Waals surface area contributed by atoms with E-state index in [4.69, 9.17) is 4.74 Å². The summed E-state index contributed by atoms with van der Waals surface area (Å²) in [6.07, 6.45) is -0.366. The van der Waals surface area contributed by atoms with Crippen LogP contribution in [0.15, 0.2) is 12.3 Å². The minimum atomic E-state index is -0.444. The van der Waals surface area contributed by atoms with Crippen molar-refractivity contribution < 1.29 is 9.53 Å². The van der Waals surface area contributed by atoms with Crippen molar-refractivity contribution in [2.75, 3.05) is 7.05 Å². The van der Waals surface area contributed by atoms with E-state index < -0.39 is 5.60 Å². The van der Waals surface area contributed by atoms with Crippen LogP contribution in [0.1, 0.15) is 41.5 Å². The molecule has 0 spiro atoms. The number of hydrogen-bond acceptors (Lipinski definition) is 2. The first-order valence-corrected chi connectivity index (χ1v) is 4.86. The first-order chi connectivity index (χ1) is 6.24. The van der Waals surface area contributed by atoms with Gasteiger partial charge in [-0.05, 0) is 27.7 Å². The second-order valence-electron chi connectivity index (χ2n) is 3.77. The van der Waals surface area contributed by atoms with Gasteiger partial charge in [-0.2, -0.15) is 0 Å². The van der Waals surface area contributed by atoms with Gasteiger partial charge >= 0.3 is 6.09 Å². The fraction of sp³-hybridized carbons (Fsp3) is 0.727. The van der Waals surface area contributed by atoms with E-state index in [2.05, 4.69) is 6.58 Å². The summed E-state index contributed by atoms with van der Waals surface area (Å²) in [6.45, 7) is 14.9. The Kier molecular flexibility index (Phi) is 7.15. The Morgan fingerprint density at radius 2 is 1.64 bits per heavy atom. The molecular weight excluding hydrogens is 178 g/mol. The monoisotopic (exact) mass is 201 g/mol. The van der Waals surface area contributed by atoms with E-state index in [1.165, 1.54) is 4.90 Å². The molecule has 0 aromatic heterocycles. The van der Waals surface area contributed by atoms with Crippen LogP contribution in [0, 0.1) is 0 Å². The van der Waals surface area contributed by atoms with Crippen molar-refractivity contribution in [3.63, 3.8) is 0 Å². The van der Waals surface area contributed by atoms with Crippen molar-refractivity contribution in [3.8, 4) is 0 Å². The van der Waals surface area contributed by atoms with Gasteiger partial charge in [-0.1, -0.05) is 20.4 Å². The number of amides is 1. The molecule has 0 aliphatic carbocycles. The van der Waals surface area contributed by atoms with Crippen LogP contribution in [0.25, 0.3) is 0 Å². The Morgan fingerprint density at radius 1 is 1.29 bits per heavy atom. The van der Waals surface area contributed by atoms with Gasteiger partial charge in [-0.15, -0.1) is 0 Å². The number of allylic oxidation sites excluding steroid dienone is 1. The number of nitrogens with zero attached hydrogens (tertiary/aromatic N) is 1. The summed E-state index contributed by atoms with van der Waals surface area (Å²) >= 11 is 0. The molecule has 0 aromatic carbocycles. The molecular formula is C11H23NO2. The van der Waals surface area contributed by atoms with Crippen molar-refractivity contribution in [3.05, 3.63) is 12.3 Å². The van der Waals surface area contributed by atoms with Gasteiger partial charge in [0.25, 0.3) is 0 Å². The average molecular weight is 201 g/mol. The molecule has 3 heteroatoms. The molecule has 0 atom stereocenters. The second kappa shape index (κ2) is 6.46. The number of hydrogen-bond donors (Lipinski definition) is 0. The minimum absolute atomic E-state index is 0.366. The SMILES string of the molecule is C=C(C)N(C)C(=O)OC(C)(C)C.CC. The van der Waals surface area contributed by atoms with E-state index in [1.807, 2.05) is 34.6 Å². The minimum Gasteiger partial charge on any atom is -0.443 e. The first kappa shape index (κ1) is 15.5. The summed E-state index contributed by atoms with van der Waals surface area (Å²) in [4.78, 5) is 12.6. The van der Waals surface area contributed by atoms with Crippen molar-refractivity contribution in [2.24, 2.45) is 0 Å². The van der Waals surface area contributed by atoms with E-state index in [-0.39, 0.29) is 6.09 Å². The molecule has 0 fully saturated rings. The highest BCUT2D eigenvalue weighted by Crippen LogP contribution is 2.10. The molecule has 0 saturated heterocycles. The van der Waals surface area contributed by atoms with Gasteiger partial charge in [0, 0.05) is 12.7 Å². The van der Waals surface area contributed by atoms with Crippen LogP contribution in [0.2, 0.25) is 0 Å². The maximum absolute atomic E-state index is 11.2. The molecule has 0 bridgehead atoms. The van der Waals surface area contributed by atoms with Gasteiger partial charge in [0.1, 0.15) is 5.60 Å². The normalized spacial score (nSPS) is 9.64. The van der Waals surface area contributed by atoms with Crippen LogP contribution >= 0.6 is 0 Å². The zero-order valence-electron chi connectivity index (χ0n) is 10.5. The lowest BCUT2D eigenvalue weighted by atomic mass is 10.2. The highest BCUT2D eigenvalue weighted by molar-refractivity contribution is 5.69. The van der Waals surface area contributed by atoms with E-state index in [0.717, 1.165) is 0 Å². The fourth-order valence-corrected chi connectivity index (χ4v) is 0.486. The molecule has 0 rings (SSSR count). The molecule has 1 amide bonds. The summed E-state index contributed by atoms with van der Waals surface area (Å²) in [6, 6.07) is 0. The van der Waals surface area contributed by atoms with Crippen molar-refractivity contribution in [2.45, 2.75) is 47.1 Å². The van der Waals surface area contributed by atoms with Gasteiger partial charge in [-0.25, -0.2) is 4.79 Å². The summed E-state index contributed by atoms with van der Waals surface area (Å²) < 4.78 is 5.09. The van der Waals surface area contributed by atoms with Crippen molar-refractivity contribution >= 4 is 6.09 Å². The van der Waals surface area contributed by atoms with Crippen LogP contribution < -0.4 is 0 Å². The van der Waals surface area contributed by atoms with Crippen molar-refractivity contribution in [1.82, 2.24) is 4.90 Å². The number of carbonyl (C=O) groups is 1. The molecule has 3 nitrogen and oxygen atoms in total. The molecule has 14 heavy (non-hydrogen) atoms. The van der Waals surface area contributed by atoms with Crippen LogP contribution in [-0.2, 0) is 4.74 Å². The van der Waals surface area contributed by atoms with E-state index in [1.54, 1.807) is 14.0 Å². The molecule has 0 N–H and O–H groups in total. The van der Waals surface area contributed by atoms with E-state index in [9.17, 15) is 4.79 Å². The molecule has 0 aliphatic heterocycles. The Morgan fingerprint density at radius 3 is 1.86 bits per heavy atom. The quantitative estimate of drug-likeness (QED) is 0.650. The first-order valence-electron chi connectivity index (χ1n) is 4.86. The van der Waals surface area contributed by atoms with Gasteiger partial charge in [-0.3, -0.25) is 4.90 Å². The second-order valence-corrected chi connectivity index (χ2v) is 3.77. The third-order valence-corrected chi connectivity index (χ3v) is 1.24. The van der Waals surface area contributed by atoms with Crippen LogP contribution in [0.5, 0.6) is 0 Å². The molecule has 0 aromatic rings. The summed E-state index contributed by atoms with van der Waals surface area (Å²) in [5.74, 6) is 0. The third kappa shape index (κ3) is 7.65. The topological polar surface area (TPSA) is 29.5 Å². The Hall–Kier alpha value is -0.990. The average Bonchev–Trinajstić information content (AvgIpc) is 2.03. The number of carbonyl (C=O) groups excluding carboxylic acids is 1. The van der Waals surface area contributed by atoms with Crippen LogP contribution in [0.4, 0.5) is 4.79 Å². The Balaban J connectivity index is 0. The van der Waals surface area contributed by atoms with E-state index >= 15 is 0 Å². The van der Waals surface area contributed by atoms with Gasteiger partial charge in [0.2, 0.25) is 0 Å². The third-order valence-electron chi connectivity index (χ3n) is 1.24. The fourth-order valence-electron chi connectivity index (χ4n) is 0.486.